The third-order valence-electron chi connectivity index (χ3n) is 3.93. The molecule has 8 nitrogen and oxygen atoms in total. The van der Waals surface area contributed by atoms with E-state index in [0.29, 0.717) is 28.6 Å². The van der Waals surface area contributed by atoms with E-state index in [2.05, 4.69) is 30.7 Å². The van der Waals surface area contributed by atoms with Gasteiger partial charge in [-0.3, -0.25) is 14.8 Å². The van der Waals surface area contributed by atoms with Gasteiger partial charge >= 0.3 is 0 Å². The number of anilines is 2. The first-order valence-corrected chi connectivity index (χ1v) is 7.73. The van der Waals surface area contributed by atoms with Gasteiger partial charge in [0.15, 0.2) is 0 Å². The van der Waals surface area contributed by atoms with Crippen molar-refractivity contribution in [3.05, 3.63) is 72.2 Å². The summed E-state index contributed by atoms with van der Waals surface area (Å²) in [4.78, 5) is 25.6. The molecule has 1 atom stereocenters. The monoisotopic (exact) mass is 333 g/mol. The van der Waals surface area contributed by atoms with Gasteiger partial charge in [-0.25, -0.2) is 4.68 Å². The first kappa shape index (κ1) is 15.0. The van der Waals surface area contributed by atoms with Crippen molar-refractivity contribution in [3.8, 4) is 0 Å². The van der Waals surface area contributed by atoms with E-state index in [4.69, 9.17) is 0 Å². The van der Waals surface area contributed by atoms with Crippen molar-refractivity contribution in [2.24, 2.45) is 0 Å². The van der Waals surface area contributed by atoms with Gasteiger partial charge in [-0.05, 0) is 31.2 Å². The second-order valence-electron chi connectivity index (χ2n) is 5.54. The quantitative estimate of drug-likeness (QED) is 0.761. The molecular formula is C17H15N7O. The van der Waals surface area contributed by atoms with Gasteiger partial charge in [-0.1, -0.05) is 6.07 Å². The Morgan fingerprint density at radius 3 is 2.88 bits per heavy atom. The standard InChI is InChI=1S/C17H15N7O/c1-11-14(16(25)23-12-5-4-7-18-9-12)15(13-6-2-3-8-19-13)24-17(22-11)20-10-21-24/h2-10,15H,1H3,(H,23,25)(H,20,21,22)/t15-/m0/s1. The van der Waals surface area contributed by atoms with Gasteiger partial charge in [-0.15, -0.1) is 0 Å². The number of nitrogens with zero attached hydrogens (tertiary/aromatic N) is 5. The summed E-state index contributed by atoms with van der Waals surface area (Å²) in [6.07, 6.45) is 6.40. The fourth-order valence-corrected chi connectivity index (χ4v) is 2.83. The SMILES string of the molecule is CC1=C(C(=O)Nc2cccnc2)[C@H](c2ccccn2)n2ncnc2N1. The Kier molecular flexibility index (Phi) is 3.70. The van der Waals surface area contributed by atoms with Crippen LogP contribution >= 0.6 is 0 Å². The van der Waals surface area contributed by atoms with Crippen molar-refractivity contribution in [1.29, 1.82) is 0 Å². The number of rotatable bonds is 3. The maximum Gasteiger partial charge on any atom is 0.255 e. The number of carbonyl (C=O) groups is 1. The van der Waals surface area contributed by atoms with Crippen LogP contribution in [0.3, 0.4) is 0 Å². The lowest BCUT2D eigenvalue weighted by Crippen LogP contribution is -2.32. The summed E-state index contributed by atoms with van der Waals surface area (Å²) >= 11 is 0. The van der Waals surface area contributed by atoms with Gasteiger partial charge in [0.05, 0.1) is 23.2 Å². The van der Waals surface area contributed by atoms with Crippen LogP contribution in [0.5, 0.6) is 0 Å². The number of nitrogens with one attached hydrogen (secondary N) is 2. The smallest absolute Gasteiger partial charge is 0.255 e. The normalized spacial score (nSPS) is 16.1. The van der Waals surface area contributed by atoms with Crippen LogP contribution in [0.1, 0.15) is 18.7 Å². The molecule has 4 rings (SSSR count). The molecule has 0 bridgehead atoms. The minimum absolute atomic E-state index is 0.241. The Bertz CT molecular complexity index is 934. The Hall–Kier alpha value is -3.55. The van der Waals surface area contributed by atoms with Crippen LogP contribution < -0.4 is 10.6 Å². The fourth-order valence-electron chi connectivity index (χ4n) is 2.83. The van der Waals surface area contributed by atoms with Gasteiger partial charge in [0.25, 0.3) is 5.91 Å². The summed E-state index contributed by atoms with van der Waals surface area (Å²) in [5.74, 6) is 0.334. The molecule has 3 aromatic rings. The zero-order valence-corrected chi connectivity index (χ0v) is 13.4. The van der Waals surface area contributed by atoms with Crippen LogP contribution in [0.25, 0.3) is 0 Å². The van der Waals surface area contributed by atoms with E-state index >= 15 is 0 Å². The number of hydrogen-bond acceptors (Lipinski definition) is 6. The number of amides is 1. The van der Waals surface area contributed by atoms with Crippen molar-refractivity contribution >= 4 is 17.5 Å². The Morgan fingerprint density at radius 1 is 1.20 bits per heavy atom. The molecule has 0 saturated carbocycles. The summed E-state index contributed by atoms with van der Waals surface area (Å²) < 4.78 is 1.66. The topological polar surface area (TPSA) is 97.6 Å². The maximum absolute atomic E-state index is 13.0. The Balaban J connectivity index is 1.77. The highest BCUT2D eigenvalue weighted by atomic mass is 16.1. The van der Waals surface area contributed by atoms with Gasteiger partial charge in [0.1, 0.15) is 12.4 Å². The lowest BCUT2D eigenvalue weighted by Gasteiger charge is -2.28. The number of carbonyl (C=O) groups excluding carboxylic acids is 1. The van der Waals surface area contributed by atoms with Crippen LogP contribution in [-0.2, 0) is 4.79 Å². The van der Waals surface area contributed by atoms with Crippen molar-refractivity contribution in [2.45, 2.75) is 13.0 Å². The van der Waals surface area contributed by atoms with E-state index in [0.717, 1.165) is 0 Å². The zero-order valence-electron chi connectivity index (χ0n) is 13.4. The molecule has 25 heavy (non-hydrogen) atoms. The summed E-state index contributed by atoms with van der Waals surface area (Å²) in [6.45, 7) is 1.84. The molecule has 3 aromatic heterocycles. The molecule has 0 radical (unpaired) electrons. The van der Waals surface area contributed by atoms with Crippen LogP contribution in [0, 0.1) is 0 Å². The summed E-state index contributed by atoms with van der Waals surface area (Å²) in [7, 11) is 0. The number of fused-ring (bicyclic) bond motifs is 1. The third-order valence-corrected chi connectivity index (χ3v) is 3.93. The van der Waals surface area contributed by atoms with E-state index in [1.165, 1.54) is 6.33 Å². The molecule has 2 N–H and O–H groups in total. The molecule has 1 aliphatic rings. The van der Waals surface area contributed by atoms with Gasteiger partial charge in [0, 0.05) is 18.1 Å². The first-order chi connectivity index (χ1) is 12.2. The molecule has 1 aliphatic heterocycles. The number of pyridine rings is 2. The molecule has 124 valence electrons. The van der Waals surface area contributed by atoms with E-state index < -0.39 is 6.04 Å². The van der Waals surface area contributed by atoms with Crippen molar-refractivity contribution in [2.75, 3.05) is 10.6 Å². The molecule has 1 amide bonds. The summed E-state index contributed by atoms with van der Waals surface area (Å²) in [6, 6.07) is 8.67. The number of hydrogen-bond donors (Lipinski definition) is 2. The maximum atomic E-state index is 13.0. The highest BCUT2D eigenvalue weighted by Crippen LogP contribution is 2.33. The van der Waals surface area contributed by atoms with Crippen LogP contribution in [0.15, 0.2) is 66.5 Å². The lowest BCUT2D eigenvalue weighted by molar-refractivity contribution is -0.113. The molecule has 0 saturated heterocycles. The predicted octanol–water partition coefficient (Wildman–Crippen LogP) is 2.00. The highest BCUT2D eigenvalue weighted by molar-refractivity contribution is 6.05. The number of aromatic nitrogens is 5. The van der Waals surface area contributed by atoms with Crippen LogP contribution in [0.4, 0.5) is 11.6 Å². The lowest BCUT2D eigenvalue weighted by atomic mass is 9.98. The molecule has 0 aromatic carbocycles. The van der Waals surface area contributed by atoms with Gasteiger partial charge in [-0.2, -0.15) is 10.1 Å². The van der Waals surface area contributed by atoms with Gasteiger partial charge < -0.3 is 10.6 Å². The largest absolute Gasteiger partial charge is 0.328 e. The predicted molar refractivity (Wildman–Crippen MR) is 91.6 cm³/mol. The van der Waals surface area contributed by atoms with Crippen molar-refractivity contribution in [1.82, 2.24) is 24.7 Å². The summed E-state index contributed by atoms with van der Waals surface area (Å²) in [5.41, 5.74) is 2.57. The fraction of sp³-hybridized carbons (Fsp3) is 0.118. The van der Waals surface area contributed by atoms with E-state index in [1.54, 1.807) is 35.4 Å². The minimum Gasteiger partial charge on any atom is -0.328 e. The number of allylic oxidation sites excluding steroid dienone is 1. The molecular weight excluding hydrogens is 318 g/mol. The Morgan fingerprint density at radius 2 is 2.12 bits per heavy atom. The molecule has 4 heterocycles. The van der Waals surface area contributed by atoms with Gasteiger partial charge in [0.2, 0.25) is 5.95 Å². The molecule has 0 spiro atoms. The zero-order chi connectivity index (χ0) is 17.2. The van der Waals surface area contributed by atoms with Crippen LogP contribution in [0.2, 0.25) is 0 Å². The van der Waals surface area contributed by atoms with E-state index in [9.17, 15) is 4.79 Å². The van der Waals surface area contributed by atoms with Crippen molar-refractivity contribution in [3.63, 3.8) is 0 Å². The molecule has 0 unspecified atom stereocenters. The second kappa shape index (κ2) is 6.16. The molecule has 0 aliphatic carbocycles. The molecule has 0 fully saturated rings. The second-order valence-corrected chi connectivity index (χ2v) is 5.54. The minimum atomic E-state index is -0.461. The van der Waals surface area contributed by atoms with Crippen LogP contribution in [-0.4, -0.2) is 30.6 Å². The average Bonchev–Trinajstić information content (AvgIpc) is 3.10. The highest BCUT2D eigenvalue weighted by Gasteiger charge is 2.34. The third kappa shape index (κ3) is 2.74. The van der Waals surface area contributed by atoms with E-state index in [-0.39, 0.29) is 5.91 Å². The Labute approximate surface area is 143 Å². The molecule has 8 heteroatoms. The average molecular weight is 333 g/mol. The van der Waals surface area contributed by atoms with E-state index in [1.807, 2.05) is 25.1 Å². The van der Waals surface area contributed by atoms with Crippen molar-refractivity contribution < 1.29 is 4.79 Å². The first-order valence-electron chi connectivity index (χ1n) is 7.73. The summed E-state index contributed by atoms with van der Waals surface area (Å²) in [5, 5.41) is 10.3.